The van der Waals surface area contributed by atoms with E-state index in [1.807, 2.05) is 18.3 Å². The third kappa shape index (κ3) is 2.67. The van der Waals surface area contributed by atoms with Crippen LogP contribution in [-0.4, -0.2) is 4.98 Å². The molecule has 2 nitrogen and oxygen atoms in total. The Morgan fingerprint density at radius 1 is 1.16 bits per heavy atom. The van der Waals surface area contributed by atoms with Gasteiger partial charge in [0.15, 0.2) is 0 Å². The minimum atomic E-state index is 0.264. The second-order valence-electron chi connectivity index (χ2n) is 4.61. The molecule has 1 N–H and O–H groups in total. The van der Waals surface area contributed by atoms with Gasteiger partial charge in [-0.05, 0) is 41.5 Å². The van der Waals surface area contributed by atoms with Crippen molar-refractivity contribution in [3.8, 4) is 0 Å². The SMILES string of the molecule is CC(NCc1csc2ccccc12)c1ccccn1. The van der Waals surface area contributed by atoms with Gasteiger partial charge >= 0.3 is 0 Å². The quantitative estimate of drug-likeness (QED) is 0.769. The molecule has 3 heteroatoms. The molecule has 0 fully saturated rings. The summed E-state index contributed by atoms with van der Waals surface area (Å²) in [5.74, 6) is 0. The third-order valence-corrected chi connectivity index (χ3v) is 4.30. The molecule has 1 aromatic carbocycles. The van der Waals surface area contributed by atoms with E-state index in [9.17, 15) is 0 Å². The fourth-order valence-corrected chi connectivity index (χ4v) is 3.13. The molecule has 1 atom stereocenters. The Hall–Kier alpha value is -1.71. The highest BCUT2D eigenvalue weighted by Crippen LogP contribution is 2.25. The predicted octanol–water partition coefficient (Wildman–Crippen LogP) is 4.15. The van der Waals surface area contributed by atoms with Crippen LogP contribution >= 0.6 is 11.3 Å². The van der Waals surface area contributed by atoms with Crippen LogP contribution in [0.25, 0.3) is 10.1 Å². The van der Waals surface area contributed by atoms with E-state index < -0.39 is 0 Å². The van der Waals surface area contributed by atoms with Crippen molar-refractivity contribution in [1.82, 2.24) is 10.3 Å². The van der Waals surface area contributed by atoms with E-state index in [0.29, 0.717) is 0 Å². The summed E-state index contributed by atoms with van der Waals surface area (Å²) in [5, 5.41) is 7.13. The number of rotatable bonds is 4. The fraction of sp³-hybridized carbons (Fsp3) is 0.188. The van der Waals surface area contributed by atoms with Crippen molar-refractivity contribution in [2.75, 3.05) is 0 Å². The first-order valence-electron chi connectivity index (χ1n) is 6.44. The third-order valence-electron chi connectivity index (χ3n) is 3.29. The van der Waals surface area contributed by atoms with Gasteiger partial charge in [0.25, 0.3) is 0 Å². The van der Waals surface area contributed by atoms with E-state index in [4.69, 9.17) is 0 Å². The topological polar surface area (TPSA) is 24.9 Å². The molecular formula is C16H16N2S. The van der Waals surface area contributed by atoms with Gasteiger partial charge in [0.05, 0.1) is 5.69 Å². The molecule has 2 heterocycles. The van der Waals surface area contributed by atoms with Gasteiger partial charge in [-0.15, -0.1) is 11.3 Å². The zero-order valence-corrected chi connectivity index (χ0v) is 11.7. The van der Waals surface area contributed by atoms with Gasteiger partial charge in [-0.3, -0.25) is 4.98 Å². The van der Waals surface area contributed by atoms with Crippen molar-refractivity contribution in [2.45, 2.75) is 19.5 Å². The molecule has 0 saturated heterocycles. The van der Waals surface area contributed by atoms with Crippen LogP contribution in [0, 0.1) is 0 Å². The van der Waals surface area contributed by atoms with Gasteiger partial charge in [0.1, 0.15) is 0 Å². The van der Waals surface area contributed by atoms with E-state index in [2.05, 4.69) is 52.9 Å². The molecule has 96 valence electrons. The van der Waals surface area contributed by atoms with E-state index >= 15 is 0 Å². The van der Waals surface area contributed by atoms with Gasteiger partial charge in [0.2, 0.25) is 0 Å². The summed E-state index contributed by atoms with van der Waals surface area (Å²) in [6.07, 6.45) is 1.84. The predicted molar refractivity (Wildman–Crippen MR) is 81.3 cm³/mol. The molecule has 0 aliphatic rings. The minimum absolute atomic E-state index is 0.264. The molecule has 0 radical (unpaired) electrons. The molecule has 0 aliphatic heterocycles. The van der Waals surface area contributed by atoms with E-state index in [-0.39, 0.29) is 6.04 Å². The number of fused-ring (bicyclic) bond motifs is 1. The van der Waals surface area contributed by atoms with Gasteiger partial charge in [-0.2, -0.15) is 0 Å². The molecule has 0 bridgehead atoms. The summed E-state index contributed by atoms with van der Waals surface area (Å²) in [4.78, 5) is 4.38. The number of hydrogen-bond donors (Lipinski definition) is 1. The first-order chi connectivity index (χ1) is 9.34. The van der Waals surface area contributed by atoms with Crippen LogP contribution in [0.3, 0.4) is 0 Å². The number of nitrogens with zero attached hydrogens (tertiary/aromatic N) is 1. The van der Waals surface area contributed by atoms with Crippen LogP contribution in [0.2, 0.25) is 0 Å². The van der Waals surface area contributed by atoms with Crippen LogP contribution in [-0.2, 0) is 6.54 Å². The number of hydrogen-bond acceptors (Lipinski definition) is 3. The van der Waals surface area contributed by atoms with Crippen molar-refractivity contribution in [2.24, 2.45) is 0 Å². The molecule has 0 spiro atoms. The van der Waals surface area contributed by atoms with Crippen LogP contribution in [0.4, 0.5) is 0 Å². The molecule has 0 saturated carbocycles. The molecule has 0 aliphatic carbocycles. The smallest absolute Gasteiger partial charge is 0.0570 e. The lowest BCUT2D eigenvalue weighted by atomic mass is 10.1. The maximum atomic E-state index is 4.38. The van der Waals surface area contributed by atoms with Crippen LogP contribution in [0.15, 0.2) is 54.0 Å². The number of pyridine rings is 1. The average molecular weight is 268 g/mol. The normalized spacial score (nSPS) is 12.7. The zero-order chi connectivity index (χ0) is 13.1. The number of aromatic nitrogens is 1. The van der Waals surface area contributed by atoms with Gasteiger partial charge in [-0.1, -0.05) is 24.3 Å². The molecule has 3 aromatic rings. The summed E-state index contributed by atoms with van der Waals surface area (Å²) in [7, 11) is 0. The second kappa shape index (κ2) is 5.51. The monoisotopic (exact) mass is 268 g/mol. The highest BCUT2D eigenvalue weighted by molar-refractivity contribution is 7.17. The number of benzene rings is 1. The van der Waals surface area contributed by atoms with Crippen molar-refractivity contribution < 1.29 is 0 Å². The van der Waals surface area contributed by atoms with Gasteiger partial charge in [0, 0.05) is 23.5 Å². The van der Waals surface area contributed by atoms with Crippen LogP contribution in [0.1, 0.15) is 24.2 Å². The van der Waals surface area contributed by atoms with E-state index in [1.165, 1.54) is 15.6 Å². The highest BCUT2D eigenvalue weighted by Gasteiger charge is 2.07. The lowest BCUT2D eigenvalue weighted by Crippen LogP contribution is -2.18. The Bertz CT molecular complexity index is 661. The molecule has 2 aromatic heterocycles. The molecule has 1 unspecified atom stereocenters. The Kier molecular flexibility index (Phi) is 3.58. The summed E-state index contributed by atoms with van der Waals surface area (Å²) >= 11 is 1.81. The molecular weight excluding hydrogens is 252 g/mol. The lowest BCUT2D eigenvalue weighted by Gasteiger charge is -2.12. The van der Waals surface area contributed by atoms with Crippen molar-refractivity contribution in [1.29, 1.82) is 0 Å². The number of nitrogens with one attached hydrogen (secondary N) is 1. The Balaban J connectivity index is 1.73. The summed E-state index contributed by atoms with van der Waals surface area (Å²) in [5.41, 5.74) is 2.45. The molecule has 3 rings (SSSR count). The van der Waals surface area contributed by atoms with Gasteiger partial charge in [-0.25, -0.2) is 0 Å². The highest BCUT2D eigenvalue weighted by atomic mass is 32.1. The molecule has 0 amide bonds. The standard InChI is InChI=1S/C16H16N2S/c1-12(15-7-4-5-9-17-15)18-10-13-11-19-16-8-3-2-6-14(13)16/h2-9,11-12,18H,10H2,1H3. The Labute approximate surface area is 117 Å². The van der Waals surface area contributed by atoms with Crippen LogP contribution < -0.4 is 5.32 Å². The molecule has 19 heavy (non-hydrogen) atoms. The number of thiophene rings is 1. The zero-order valence-electron chi connectivity index (χ0n) is 10.8. The summed E-state index contributed by atoms with van der Waals surface area (Å²) < 4.78 is 1.35. The maximum absolute atomic E-state index is 4.38. The second-order valence-corrected chi connectivity index (χ2v) is 5.53. The minimum Gasteiger partial charge on any atom is -0.305 e. The van der Waals surface area contributed by atoms with E-state index in [1.54, 1.807) is 11.3 Å². The van der Waals surface area contributed by atoms with Crippen molar-refractivity contribution >= 4 is 21.4 Å². The largest absolute Gasteiger partial charge is 0.305 e. The van der Waals surface area contributed by atoms with Crippen molar-refractivity contribution in [3.05, 3.63) is 65.3 Å². The lowest BCUT2D eigenvalue weighted by molar-refractivity contribution is 0.563. The maximum Gasteiger partial charge on any atom is 0.0570 e. The average Bonchev–Trinajstić information content (AvgIpc) is 2.89. The van der Waals surface area contributed by atoms with Crippen LogP contribution in [0.5, 0.6) is 0 Å². The van der Waals surface area contributed by atoms with E-state index in [0.717, 1.165) is 12.2 Å². The first-order valence-corrected chi connectivity index (χ1v) is 7.32. The Morgan fingerprint density at radius 3 is 2.84 bits per heavy atom. The van der Waals surface area contributed by atoms with Gasteiger partial charge < -0.3 is 5.32 Å². The summed E-state index contributed by atoms with van der Waals surface area (Å²) in [6.45, 7) is 3.03. The summed E-state index contributed by atoms with van der Waals surface area (Å²) in [6, 6.07) is 14.8. The first kappa shape index (κ1) is 12.3. The Morgan fingerprint density at radius 2 is 2.00 bits per heavy atom. The van der Waals surface area contributed by atoms with Crippen molar-refractivity contribution in [3.63, 3.8) is 0 Å². The fourth-order valence-electron chi connectivity index (χ4n) is 2.17.